The third kappa shape index (κ3) is 5.48. The first-order chi connectivity index (χ1) is 11.2. The van der Waals surface area contributed by atoms with E-state index in [-0.39, 0.29) is 0 Å². The Bertz CT molecular complexity index is 442. The van der Waals surface area contributed by atoms with E-state index in [2.05, 4.69) is 13.8 Å². The zero-order valence-corrected chi connectivity index (χ0v) is 14.6. The van der Waals surface area contributed by atoms with Crippen molar-refractivity contribution in [1.29, 1.82) is 0 Å². The fourth-order valence-electron chi connectivity index (χ4n) is 3.01. The topological polar surface area (TPSA) is 43.1 Å². The van der Waals surface area contributed by atoms with Gasteiger partial charge < -0.3 is 19.5 Å². The van der Waals surface area contributed by atoms with Gasteiger partial charge in [0.15, 0.2) is 0 Å². The van der Waals surface area contributed by atoms with Crippen molar-refractivity contribution < 1.29 is 19.5 Å². The Morgan fingerprint density at radius 1 is 1.17 bits per heavy atom. The molecule has 23 heavy (non-hydrogen) atoms. The fourth-order valence-corrected chi connectivity index (χ4v) is 3.01. The SMILES string of the molecule is CCCCOc1ccc([C@](O)(CC)CC[NH+]2CCOCC2)cc1. The molecule has 0 radical (unpaired) electrons. The summed E-state index contributed by atoms with van der Waals surface area (Å²) < 4.78 is 11.1. The summed E-state index contributed by atoms with van der Waals surface area (Å²) in [5.41, 5.74) is 0.253. The van der Waals surface area contributed by atoms with Crippen LogP contribution in [0.5, 0.6) is 5.75 Å². The zero-order valence-electron chi connectivity index (χ0n) is 14.6. The molecule has 0 bridgehead atoms. The third-order valence-electron chi connectivity index (χ3n) is 4.84. The second-order valence-corrected chi connectivity index (χ2v) is 6.47. The minimum Gasteiger partial charge on any atom is -0.494 e. The summed E-state index contributed by atoms with van der Waals surface area (Å²) in [6.45, 7) is 9.72. The Hall–Kier alpha value is -1.10. The molecule has 1 saturated heterocycles. The van der Waals surface area contributed by atoms with Crippen LogP contribution in [-0.4, -0.2) is 44.6 Å². The lowest BCUT2D eigenvalue weighted by molar-refractivity contribution is -0.909. The highest BCUT2D eigenvalue weighted by Gasteiger charge is 2.29. The minimum atomic E-state index is -0.743. The average Bonchev–Trinajstić information content (AvgIpc) is 2.61. The summed E-state index contributed by atoms with van der Waals surface area (Å²) >= 11 is 0. The number of nitrogens with one attached hydrogen (secondary N) is 1. The molecular weight excluding hydrogens is 290 g/mol. The van der Waals surface area contributed by atoms with E-state index >= 15 is 0 Å². The molecule has 1 heterocycles. The lowest BCUT2D eigenvalue weighted by Crippen LogP contribution is -3.14. The summed E-state index contributed by atoms with van der Waals surface area (Å²) in [5, 5.41) is 11.0. The first kappa shape index (κ1) is 18.2. The molecule has 0 unspecified atom stereocenters. The molecule has 0 aromatic heterocycles. The Kier molecular flexibility index (Phi) is 7.34. The number of hydrogen-bond acceptors (Lipinski definition) is 3. The number of ether oxygens (including phenoxy) is 2. The van der Waals surface area contributed by atoms with E-state index in [1.807, 2.05) is 24.3 Å². The molecule has 1 atom stereocenters. The monoisotopic (exact) mass is 322 g/mol. The molecule has 4 nitrogen and oxygen atoms in total. The van der Waals surface area contributed by atoms with Crippen LogP contribution in [0.2, 0.25) is 0 Å². The van der Waals surface area contributed by atoms with Crippen molar-refractivity contribution in [2.75, 3.05) is 39.5 Å². The van der Waals surface area contributed by atoms with Gasteiger partial charge in [0.25, 0.3) is 0 Å². The molecule has 1 aliphatic rings. The number of unbranched alkanes of at least 4 members (excludes halogenated alkanes) is 1. The van der Waals surface area contributed by atoms with Crippen molar-refractivity contribution in [3.05, 3.63) is 29.8 Å². The summed E-state index contributed by atoms with van der Waals surface area (Å²) in [4.78, 5) is 1.53. The normalized spacial score (nSPS) is 18.6. The van der Waals surface area contributed by atoms with Crippen LogP contribution in [0, 0.1) is 0 Å². The number of quaternary nitrogens is 1. The highest BCUT2D eigenvalue weighted by atomic mass is 16.5. The largest absolute Gasteiger partial charge is 0.494 e. The molecule has 1 aromatic rings. The molecule has 1 aliphatic heterocycles. The van der Waals surface area contributed by atoms with Crippen molar-refractivity contribution in [2.45, 2.75) is 45.1 Å². The maximum absolute atomic E-state index is 11.0. The van der Waals surface area contributed by atoms with Crippen molar-refractivity contribution >= 4 is 0 Å². The van der Waals surface area contributed by atoms with Gasteiger partial charge in [-0.3, -0.25) is 0 Å². The van der Waals surface area contributed by atoms with Gasteiger partial charge in [-0.25, -0.2) is 0 Å². The Morgan fingerprint density at radius 3 is 2.48 bits per heavy atom. The van der Waals surface area contributed by atoms with Crippen molar-refractivity contribution in [3.63, 3.8) is 0 Å². The van der Waals surface area contributed by atoms with Gasteiger partial charge in [0.1, 0.15) is 18.8 Å². The van der Waals surface area contributed by atoms with Crippen LogP contribution in [0.4, 0.5) is 0 Å². The molecule has 0 spiro atoms. The van der Waals surface area contributed by atoms with Gasteiger partial charge in [-0.15, -0.1) is 0 Å². The molecule has 0 saturated carbocycles. The quantitative estimate of drug-likeness (QED) is 0.681. The van der Waals surface area contributed by atoms with Crippen molar-refractivity contribution in [3.8, 4) is 5.75 Å². The van der Waals surface area contributed by atoms with Gasteiger partial charge in [0, 0.05) is 6.42 Å². The van der Waals surface area contributed by atoms with E-state index in [4.69, 9.17) is 9.47 Å². The molecule has 2 N–H and O–H groups in total. The predicted octanol–water partition coefficient (Wildman–Crippen LogP) is 1.77. The second kappa shape index (κ2) is 9.26. The highest BCUT2D eigenvalue weighted by molar-refractivity contribution is 5.30. The van der Waals surface area contributed by atoms with E-state index < -0.39 is 5.60 Å². The fraction of sp³-hybridized carbons (Fsp3) is 0.684. The van der Waals surface area contributed by atoms with Gasteiger partial charge in [0.2, 0.25) is 0 Å². The number of aliphatic hydroxyl groups is 1. The number of rotatable bonds is 9. The van der Waals surface area contributed by atoms with Gasteiger partial charge >= 0.3 is 0 Å². The Balaban J connectivity index is 1.91. The van der Waals surface area contributed by atoms with Crippen LogP contribution in [-0.2, 0) is 10.3 Å². The minimum absolute atomic E-state index is 0.729. The lowest BCUT2D eigenvalue weighted by Gasteiger charge is -2.31. The Morgan fingerprint density at radius 2 is 1.87 bits per heavy atom. The van der Waals surface area contributed by atoms with Crippen molar-refractivity contribution in [1.82, 2.24) is 0 Å². The first-order valence-electron chi connectivity index (χ1n) is 9.05. The third-order valence-corrected chi connectivity index (χ3v) is 4.84. The summed E-state index contributed by atoms with van der Waals surface area (Å²) in [5.74, 6) is 0.888. The van der Waals surface area contributed by atoms with Crippen LogP contribution < -0.4 is 9.64 Å². The zero-order chi connectivity index (χ0) is 16.5. The van der Waals surface area contributed by atoms with Crippen LogP contribution in [0.1, 0.15) is 45.1 Å². The van der Waals surface area contributed by atoms with E-state index in [1.165, 1.54) is 4.90 Å². The lowest BCUT2D eigenvalue weighted by atomic mass is 9.87. The molecule has 2 rings (SSSR count). The second-order valence-electron chi connectivity index (χ2n) is 6.47. The smallest absolute Gasteiger partial charge is 0.119 e. The maximum atomic E-state index is 11.0. The number of morpholine rings is 1. The van der Waals surface area contributed by atoms with Crippen molar-refractivity contribution in [2.24, 2.45) is 0 Å². The predicted molar refractivity (Wildman–Crippen MR) is 92.0 cm³/mol. The van der Waals surface area contributed by atoms with E-state index in [9.17, 15) is 5.11 Å². The molecule has 4 heteroatoms. The summed E-state index contributed by atoms with van der Waals surface area (Å²) in [7, 11) is 0. The average molecular weight is 322 g/mol. The maximum Gasteiger partial charge on any atom is 0.119 e. The van der Waals surface area contributed by atoms with E-state index in [0.29, 0.717) is 0 Å². The van der Waals surface area contributed by atoms with Crippen LogP contribution in [0.25, 0.3) is 0 Å². The number of hydrogen-bond donors (Lipinski definition) is 2. The van der Waals surface area contributed by atoms with E-state index in [0.717, 1.165) is 76.5 Å². The molecule has 0 amide bonds. The molecular formula is C19H32NO3+. The summed E-state index contributed by atoms with van der Waals surface area (Å²) in [6.07, 6.45) is 3.72. The molecule has 1 fully saturated rings. The first-order valence-corrected chi connectivity index (χ1v) is 9.05. The summed E-state index contributed by atoms with van der Waals surface area (Å²) in [6, 6.07) is 7.99. The molecule has 130 valence electrons. The van der Waals surface area contributed by atoms with Crippen LogP contribution in [0.15, 0.2) is 24.3 Å². The van der Waals surface area contributed by atoms with Gasteiger partial charge in [-0.1, -0.05) is 32.4 Å². The van der Waals surface area contributed by atoms with Gasteiger partial charge in [0.05, 0.1) is 32.0 Å². The van der Waals surface area contributed by atoms with E-state index in [1.54, 1.807) is 0 Å². The number of benzene rings is 1. The van der Waals surface area contributed by atoms with Crippen LogP contribution in [0.3, 0.4) is 0 Å². The standard InChI is InChI=1S/C19H31NO3/c1-3-5-14-23-18-8-6-17(7-9-18)19(21,4-2)10-11-20-12-15-22-16-13-20/h6-9,21H,3-5,10-16H2,1-2H3/p+1/t19-/m0/s1. The highest BCUT2D eigenvalue weighted by Crippen LogP contribution is 2.29. The molecule has 1 aromatic carbocycles. The Labute approximate surface area is 140 Å². The van der Waals surface area contributed by atoms with Gasteiger partial charge in [-0.05, 0) is 30.5 Å². The van der Waals surface area contributed by atoms with Gasteiger partial charge in [-0.2, -0.15) is 0 Å². The molecule has 0 aliphatic carbocycles. The van der Waals surface area contributed by atoms with Crippen LogP contribution >= 0.6 is 0 Å².